The zero-order valence-electron chi connectivity index (χ0n) is 17.0. The molecule has 2 nitrogen and oxygen atoms in total. The predicted molar refractivity (Wildman–Crippen MR) is 121 cm³/mol. The monoisotopic (exact) mass is 388 g/mol. The lowest BCUT2D eigenvalue weighted by atomic mass is 9.67. The molecule has 0 saturated carbocycles. The van der Waals surface area contributed by atoms with Crippen molar-refractivity contribution >= 4 is 0 Å². The lowest BCUT2D eigenvalue weighted by Gasteiger charge is -2.37. The van der Waals surface area contributed by atoms with Crippen LogP contribution >= 0.6 is 0 Å². The minimum Gasteiger partial charge on any atom is -0.261 e. The number of aryl methyl sites for hydroxylation is 2. The molecule has 146 valence electrons. The Kier molecular flexibility index (Phi) is 4.23. The van der Waals surface area contributed by atoms with E-state index in [2.05, 4.69) is 60.7 Å². The van der Waals surface area contributed by atoms with Gasteiger partial charge in [-0.2, -0.15) is 0 Å². The van der Waals surface area contributed by atoms with Gasteiger partial charge >= 0.3 is 0 Å². The van der Waals surface area contributed by atoms with Crippen molar-refractivity contribution in [1.82, 2.24) is 9.97 Å². The zero-order valence-corrected chi connectivity index (χ0v) is 17.0. The van der Waals surface area contributed by atoms with Crippen LogP contribution in [-0.2, 0) is 19.3 Å². The van der Waals surface area contributed by atoms with E-state index in [9.17, 15) is 0 Å². The summed E-state index contributed by atoms with van der Waals surface area (Å²) >= 11 is 0. The Hall–Kier alpha value is -3.26. The van der Waals surface area contributed by atoms with Crippen LogP contribution in [0.25, 0.3) is 11.1 Å². The van der Waals surface area contributed by atoms with Gasteiger partial charge in [-0.05, 0) is 83.3 Å². The number of nitrogens with zero attached hydrogens (tertiary/aromatic N) is 2. The third-order valence-corrected chi connectivity index (χ3v) is 6.91. The minimum atomic E-state index is 0.255. The molecule has 2 heterocycles. The third-order valence-electron chi connectivity index (χ3n) is 6.91. The first-order chi connectivity index (χ1) is 14.9. The van der Waals surface area contributed by atoms with Crippen molar-refractivity contribution in [2.75, 3.05) is 0 Å². The van der Waals surface area contributed by atoms with Crippen LogP contribution in [0.2, 0.25) is 0 Å². The molecule has 0 saturated heterocycles. The van der Waals surface area contributed by atoms with Crippen LogP contribution in [0.1, 0.15) is 51.9 Å². The molecule has 4 aromatic rings. The van der Waals surface area contributed by atoms with E-state index < -0.39 is 0 Å². The Bertz CT molecular complexity index is 1200. The first-order valence-corrected chi connectivity index (χ1v) is 10.9. The smallest absolute Gasteiger partial charge is 0.0485 e. The number of fused-ring (bicyclic) bond motifs is 5. The van der Waals surface area contributed by atoms with Gasteiger partial charge in [-0.25, -0.2) is 0 Å². The lowest BCUT2D eigenvalue weighted by molar-refractivity contribution is 0.501. The number of aromatic nitrogens is 2. The molecular formula is C28H24N2. The molecule has 0 radical (unpaired) electrons. The second-order valence-electron chi connectivity index (χ2n) is 8.45. The summed E-state index contributed by atoms with van der Waals surface area (Å²) in [6, 6.07) is 26.3. The summed E-state index contributed by atoms with van der Waals surface area (Å²) in [7, 11) is 0. The normalized spacial score (nSPS) is 19.5. The average molecular weight is 389 g/mol. The molecule has 2 aliphatic rings. The van der Waals surface area contributed by atoms with Crippen molar-refractivity contribution in [1.29, 1.82) is 0 Å². The van der Waals surface area contributed by atoms with E-state index in [1.54, 1.807) is 0 Å². The first-order valence-electron chi connectivity index (χ1n) is 10.9. The van der Waals surface area contributed by atoms with Crippen LogP contribution < -0.4 is 0 Å². The highest BCUT2D eigenvalue weighted by Gasteiger charge is 2.36. The van der Waals surface area contributed by atoms with Gasteiger partial charge in [0.2, 0.25) is 0 Å². The van der Waals surface area contributed by atoms with E-state index in [0.29, 0.717) is 5.92 Å². The van der Waals surface area contributed by atoms with E-state index in [4.69, 9.17) is 9.97 Å². The Labute approximate surface area is 177 Å². The van der Waals surface area contributed by atoms with Crippen molar-refractivity contribution in [2.45, 2.75) is 37.5 Å². The van der Waals surface area contributed by atoms with Gasteiger partial charge in [0.05, 0.1) is 0 Å². The van der Waals surface area contributed by atoms with Crippen LogP contribution in [0, 0.1) is 0 Å². The lowest BCUT2D eigenvalue weighted by Crippen LogP contribution is -2.25. The number of benzene rings is 2. The maximum atomic E-state index is 4.84. The van der Waals surface area contributed by atoms with Gasteiger partial charge in [0.1, 0.15) is 0 Å². The second-order valence-corrected chi connectivity index (χ2v) is 8.45. The molecule has 6 rings (SSSR count). The molecule has 0 fully saturated rings. The molecule has 0 amide bonds. The Morgan fingerprint density at radius 1 is 0.600 bits per heavy atom. The van der Waals surface area contributed by atoms with Crippen LogP contribution in [0.5, 0.6) is 0 Å². The number of rotatable bonds is 2. The van der Waals surface area contributed by atoms with E-state index >= 15 is 0 Å². The summed E-state index contributed by atoms with van der Waals surface area (Å²) in [5.74, 6) is 0.613. The quantitative estimate of drug-likeness (QED) is 0.414. The largest absolute Gasteiger partial charge is 0.261 e. The molecule has 2 unspecified atom stereocenters. The fourth-order valence-corrected chi connectivity index (χ4v) is 5.61. The Morgan fingerprint density at radius 3 is 2.17 bits per heavy atom. The van der Waals surface area contributed by atoms with Gasteiger partial charge in [-0.15, -0.1) is 0 Å². The molecule has 2 aromatic heterocycles. The number of hydrogen-bond acceptors (Lipinski definition) is 2. The standard InChI is InChI=1S/C28H24N2/c1-2-8-21-19(7-1)11-15-23-22(21)14-12-20-13-16-24(25-9-3-5-17-29-25)28(27(20)23)26-10-4-6-18-30-26/h1-10,12,14,17-18,24,28H,11,13,15-16H2. The maximum absolute atomic E-state index is 4.84. The summed E-state index contributed by atoms with van der Waals surface area (Å²) in [5, 5.41) is 0. The molecule has 0 bridgehead atoms. The maximum Gasteiger partial charge on any atom is 0.0485 e. The summed E-state index contributed by atoms with van der Waals surface area (Å²) in [5.41, 5.74) is 11.2. The molecule has 0 N–H and O–H groups in total. The topological polar surface area (TPSA) is 25.8 Å². The predicted octanol–water partition coefficient (Wildman–Crippen LogP) is 6.10. The summed E-state index contributed by atoms with van der Waals surface area (Å²) in [4.78, 5) is 9.61. The third kappa shape index (κ3) is 2.79. The van der Waals surface area contributed by atoms with Gasteiger partial charge in [-0.1, -0.05) is 48.5 Å². The molecular weight excluding hydrogens is 364 g/mol. The van der Waals surface area contributed by atoms with Gasteiger partial charge < -0.3 is 0 Å². The summed E-state index contributed by atoms with van der Waals surface area (Å²) in [6.45, 7) is 0. The molecule has 2 aromatic carbocycles. The molecule has 2 heteroatoms. The van der Waals surface area contributed by atoms with Crippen molar-refractivity contribution in [3.63, 3.8) is 0 Å². The summed E-state index contributed by atoms with van der Waals surface area (Å²) < 4.78 is 0. The first kappa shape index (κ1) is 17.6. The number of pyridine rings is 2. The molecule has 2 atom stereocenters. The molecule has 0 aliphatic heterocycles. The average Bonchev–Trinajstić information content (AvgIpc) is 2.84. The highest BCUT2D eigenvalue weighted by atomic mass is 14.7. The van der Waals surface area contributed by atoms with Crippen molar-refractivity contribution in [3.8, 4) is 11.1 Å². The Balaban J connectivity index is 1.59. The fourth-order valence-electron chi connectivity index (χ4n) is 5.61. The van der Waals surface area contributed by atoms with E-state index in [0.717, 1.165) is 25.7 Å². The zero-order chi connectivity index (χ0) is 19.9. The van der Waals surface area contributed by atoms with Crippen LogP contribution in [0.4, 0.5) is 0 Å². The van der Waals surface area contributed by atoms with Crippen LogP contribution in [0.15, 0.2) is 85.2 Å². The second kappa shape index (κ2) is 7.21. The van der Waals surface area contributed by atoms with Crippen molar-refractivity contribution < 1.29 is 0 Å². The van der Waals surface area contributed by atoms with Crippen LogP contribution in [0.3, 0.4) is 0 Å². The molecule has 2 aliphatic carbocycles. The highest BCUT2D eigenvalue weighted by molar-refractivity contribution is 5.76. The highest BCUT2D eigenvalue weighted by Crippen LogP contribution is 2.49. The van der Waals surface area contributed by atoms with Crippen molar-refractivity contribution in [2.24, 2.45) is 0 Å². The van der Waals surface area contributed by atoms with Gasteiger partial charge in [0.15, 0.2) is 0 Å². The minimum absolute atomic E-state index is 0.255. The van der Waals surface area contributed by atoms with Crippen molar-refractivity contribution in [3.05, 3.63) is 119 Å². The van der Waals surface area contributed by atoms with Gasteiger partial charge in [0.25, 0.3) is 0 Å². The van der Waals surface area contributed by atoms with E-state index in [1.165, 1.54) is 44.8 Å². The van der Waals surface area contributed by atoms with E-state index in [-0.39, 0.29) is 5.92 Å². The fraction of sp³-hybridized carbons (Fsp3) is 0.214. The SMILES string of the molecule is c1ccc(C2CCc3ccc4c(c3C2c2ccccn2)CCc2ccccc2-4)nc1. The van der Waals surface area contributed by atoms with Crippen LogP contribution in [-0.4, -0.2) is 9.97 Å². The van der Waals surface area contributed by atoms with Gasteiger partial charge in [-0.3, -0.25) is 9.97 Å². The van der Waals surface area contributed by atoms with E-state index in [1.807, 2.05) is 24.5 Å². The molecule has 30 heavy (non-hydrogen) atoms. The Morgan fingerprint density at radius 2 is 1.37 bits per heavy atom. The molecule has 0 spiro atoms. The van der Waals surface area contributed by atoms with Gasteiger partial charge in [0, 0.05) is 35.6 Å². The summed E-state index contributed by atoms with van der Waals surface area (Å²) in [6.07, 6.45) is 8.30. The number of hydrogen-bond donors (Lipinski definition) is 0.